The van der Waals surface area contributed by atoms with Crippen molar-refractivity contribution in [3.8, 4) is 11.3 Å². The van der Waals surface area contributed by atoms with Crippen LogP contribution in [0.15, 0.2) is 34.9 Å². The van der Waals surface area contributed by atoms with Crippen molar-refractivity contribution in [2.75, 3.05) is 19.6 Å². The number of nitrogens with zero attached hydrogens (tertiary/aromatic N) is 2. The second kappa shape index (κ2) is 5.77. The quantitative estimate of drug-likeness (QED) is 0.931. The minimum atomic E-state index is 0.545. The Morgan fingerprint density at radius 1 is 1.35 bits per heavy atom. The van der Waals surface area contributed by atoms with Gasteiger partial charge < -0.3 is 9.84 Å². The third kappa shape index (κ3) is 3.08. The predicted octanol–water partition coefficient (Wildman–Crippen LogP) is 2.44. The zero-order valence-corrected chi connectivity index (χ0v) is 12.1. The van der Waals surface area contributed by atoms with Gasteiger partial charge >= 0.3 is 0 Å². The second-order valence-electron chi connectivity index (χ2n) is 5.63. The van der Waals surface area contributed by atoms with E-state index >= 15 is 0 Å². The van der Waals surface area contributed by atoms with Crippen molar-refractivity contribution in [3.63, 3.8) is 0 Å². The first-order valence-electron chi connectivity index (χ1n) is 7.19. The average molecular weight is 271 g/mol. The maximum atomic E-state index is 5.48. The van der Waals surface area contributed by atoms with Crippen molar-refractivity contribution in [1.29, 1.82) is 0 Å². The molecule has 1 N–H and O–H groups in total. The summed E-state index contributed by atoms with van der Waals surface area (Å²) in [5, 5.41) is 7.63. The Morgan fingerprint density at radius 2 is 2.15 bits per heavy atom. The van der Waals surface area contributed by atoms with Crippen LogP contribution in [0.4, 0.5) is 0 Å². The fraction of sp³-hybridized carbons (Fsp3) is 0.438. The monoisotopic (exact) mass is 271 g/mol. The van der Waals surface area contributed by atoms with E-state index in [9.17, 15) is 0 Å². The van der Waals surface area contributed by atoms with Crippen molar-refractivity contribution in [1.82, 2.24) is 15.4 Å². The molecule has 0 saturated carbocycles. The van der Waals surface area contributed by atoms with Crippen molar-refractivity contribution in [2.45, 2.75) is 26.4 Å². The zero-order chi connectivity index (χ0) is 13.9. The van der Waals surface area contributed by atoms with Crippen molar-refractivity contribution < 1.29 is 4.52 Å². The van der Waals surface area contributed by atoms with Gasteiger partial charge in [0.15, 0.2) is 5.76 Å². The second-order valence-corrected chi connectivity index (χ2v) is 5.63. The third-order valence-corrected chi connectivity index (χ3v) is 3.74. The maximum absolute atomic E-state index is 5.48. The molecule has 4 heteroatoms. The molecule has 0 bridgehead atoms. The van der Waals surface area contributed by atoms with E-state index in [2.05, 4.69) is 59.6 Å². The highest BCUT2D eigenvalue weighted by Crippen LogP contribution is 2.20. The molecule has 1 aromatic carbocycles. The van der Waals surface area contributed by atoms with E-state index in [-0.39, 0.29) is 0 Å². The van der Waals surface area contributed by atoms with E-state index in [4.69, 9.17) is 4.52 Å². The summed E-state index contributed by atoms with van der Waals surface area (Å²) in [7, 11) is 0. The van der Waals surface area contributed by atoms with E-state index in [0.717, 1.165) is 43.2 Å². The lowest BCUT2D eigenvalue weighted by Crippen LogP contribution is -2.48. The molecule has 106 valence electrons. The summed E-state index contributed by atoms with van der Waals surface area (Å²) in [6.07, 6.45) is 0. The van der Waals surface area contributed by atoms with Gasteiger partial charge in [0.2, 0.25) is 0 Å². The molecule has 1 fully saturated rings. The molecule has 0 amide bonds. The van der Waals surface area contributed by atoms with E-state index in [1.165, 1.54) is 5.56 Å². The van der Waals surface area contributed by atoms with Gasteiger partial charge in [-0.1, -0.05) is 35.0 Å². The molecule has 0 aliphatic carbocycles. The third-order valence-electron chi connectivity index (χ3n) is 3.74. The fourth-order valence-corrected chi connectivity index (χ4v) is 2.62. The topological polar surface area (TPSA) is 41.3 Å². The Labute approximate surface area is 119 Å². The molecular formula is C16H21N3O. The molecule has 1 aromatic heterocycles. The highest BCUT2D eigenvalue weighted by Gasteiger charge is 2.17. The number of hydrogen-bond donors (Lipinski definition) is 1. The van der Waals surface area contributed by atoms with Crippen LogP contribution in [0.2, 0.25) is 0 Å². The molecule has 20 heavy (non-hydrogen) atoms. The first kappa shape index (κ1) is 13.3. The molecule has 2 heterocycles. The van der Waals surface area contributed by atoms with Gasteiger partial charge in [-0.2, -0.15) is 0 Å². The number of rotatable bonds is 3. The lowest BCUT2D eigenvalue weighted by atomic mass is 10.1. The van der Waals surface area contributed by atoms with Crippen LogP contribution in [0.5, 0.6) is 0 Å². The lowest BCUT2D eigenvalue weighted by Gasteiger charge is -2.30. The van der Waals surface area contributed by atoms with E-state index in [1.54, 1.807) is 0 Å². The van der Waals surface area contributed by atoms with Crippen molar-refractivity contribution >= 4 is 0 Å². The smallest absolute Gasteiger partial charge is 0.151 e. The first-order valence-corrected chi connectivity index (χ1v) is 7.19. The van der Waals surface area contributed by atoms with Crippen LogP contribution in [0, 0.1) is 6.92 Å². The maximum Gasteiger partial charge on any atom is 0.151 e. The Kier molecular flexibility index (Phi) is 3.85. The molecule has 0 spiro atoms. The summed E-state index contributed by atoms with van der Waals surface area (Å²) < 4.78 is 5.48. The van der Waals surface area contributed by atoms with Gasteiger partial charge in [-0.15, -0.1) is 0 Å². The Balaban J connectivity index is 1.69. The molecule has 1 atom stereocenters. The largest absolute Gasteiger partial charge is 0.359 e. The molecular weight excluding hydrogens is 250 g/mol. The van der Waals surface area contributed by atoms with Crippen LogP contribution in [-0.4, -0.2) is 35.7 Å². The highest BCUT2D eigenvalue weighted by atomic mass is 16.5. The van der Waals surface area contributed by atoms with Gasteiger partial charge in [0.05, 0.1) is 6.54 Å². The summed E-state index contributed by atoms with van der Waals surface area (Å²) in [6.45, 7) is 8.30. The molecule has 2 aromatic rings. The highest BCUT2D eigenvalue weighted by molar-refractivity contribution is 5.59. The number of aryl methyl sites for hydroxylation is 1. The standard InChI is InChI=1S/C16H21N3O/c1-12-3-5-14(6-4-12)16-9-15(20-18-16)11-19-8-7-17-13(2)10-19/h3-6,9,13,17H,7-8,10-11H2,1-2H3. The zero-order valence-electron chi connectivity index (χ0n) is 12.1. The van der Waals surface area contributed by atoms with Gasteiger partial charge in [0.25, 0.3) is 0 Å². The number of nitrogens with one attached hydrogen (secondary N) is 1. The first-order chi connectivity index (χ1) is 9.70. The summed E-state index contributed by atoms with van der Waals surface area (Å²) in [5.41, 5.74) is 3.29. The molecule has 0 radical (unpaired) electrons. The molecule has 1 aliphatic rings. The summed E-state index contributed by atoms with van der Waals surface area (Å²) >= 11 is 0. The number of benzene rings is 1. The van der Waals surface area contributed by atoms with Gasteiger partial charge in [-0.3, -0.25) is 4.90 Å². The van der Waals surface area contributed by atoms with E-state index in [0.29, 0.717) is 6.04 Å². The molecule has 3 rings (SSSR count). The Hall–Kier alpha value is -1.65. The van der Waals surface area contributed by atoms with Crippen LogP contribution in [-0.2, 0) is 6.54 Å². The molecule has 1 saturated heterocycles. The molecule has 1 unspecified atom stereocenters. The van der Waals surface area contributed by atoms with Crippen LogP contribution in [0.25, 0.3) is 11.3 Å². The Morgan fingerprint density at radius 3 is 2.90 bits per heavy atom. The number of hydrogen-bond acceptors (Lipinski definition) is 4. The summed E-state index contributed by atoms with van der Waals surface area (Å²) in [4.78, 5) is 2.40. The van der Waals surface area contributed by atoms with Gasteiger partial charge in [0, 0.05) is 37.3 Å². The minimum Gasteiger partial charge on any atom is -0.359 e. The average Bonchev–Trinajstić information content (AvgIpc) is 2.88. The van der Waals surface area contributed by atoms with Crippen LogP contribution < -0.4 is 5.32 Å². The SMILES string of the molecule is Cc1ccc(-c2cc(CN3CCNC(C)C3)on2)cc1. The lowest BCUT2D eigenvalue weighted by molar-refractivity contribution is 0.180. The van der Waals surface area contributed by atoms with Gasteiger partial charge in [0.1, 0.15) is 5.69 Å². The van der Waals surface area contributed by atoms with Crippen LogP contribution >= 0.6 is 0 Å². The van der Waals surface area contributed by atoms with E-state index in [1.807, 2.05) is 0 Å². The predicted molar refractivity (Wildman–Crippen MR) is 79.4 cm³/mol. The van der Waals surface area contributed by atoms with E-state index < -0.39 is 0 Å². The van der Waals surface area contributed by atoms with Crippen LogP contribution in [0.3, 0.4) is 0 Å². The van der Waals surface area contributed by atoms with Crippen molar-refractivity contribution in [2.24, 2.45) is 0 Å². The molecule has 4 nitrogen and oxygen atoms in total. The molecule has 1 aliphatic heterocycles. The normalized spacial score (nSPS) is 20.2. The fourth-order valence-electron chi connectivity index (χ4n) is 2.62. The van der Waals surface area contributed by atoms with Gasteiger partial charge in [-0.05, 0) is 13.8 Å². The number of aromatic nitrogens is 1. The van der Waals surface area contributed by atoms with Crippen molar-refractivity contribution in [3.05, 3.63) is 41.7 Å². The summed E-state index contributed by atoms with van der Waals surface area (Å²) in [5.74, 6) is 0.940. The minimum absolute atomic E-state index is 0.545. The van der Waals surface area contributed by atoms with Crippen LogP contribution in [0.1, 0.15) is 18.2 Å². The Bertz CT molecular complexity index is 561. The number of piperazine rings is 1. The summed E-state index contributed by atoms with van der Waals surface area (Å²) in [6, 6.07) is 11.0. The van der Waals surface area contributed by atoms with Gasteiger partial charge in [-0.25, -0.2) is 0 Å².